The third-order valence-electron chi connectivity index (χ3n) is 10.1. The van der Waals surface area contributed by atoms with Crippen molar-refractivity contribution in [2.75, 3.05) is 6.54 Å². The molecule has 6 heterocycles. The molecule has 6 rings (SSSR count). The van der Waals surface area contributed by atoms with Gasteiger partial charge in [-0.1, -0.05) is 17.6 Å². The second-order valence-corrected chi connectivity index (χ2v) is 13.6. The third kappa shape index (κ3) is 7.60. The van der Waals surface area contributed by atoms with Crippen LogP contribution in [-0.4, -0.2) is 74.9 Å². The number of nitrogens with one attached hydrogen (secondary N) is 3. The van der Waals surface area contributed by atoms with Crippen LogP contribution >= 0.6 is 0 Å². The highest BCUT2D eigenvalue weighted by Gasteiger charge is 2.42. The molecule has 1 amide bonds. The number of nitrogens with zero attached hydrogens (tertiary/aromatic N) is 5. The number of alkyl halides is 2. The highest BCUT2D eigenvalue weighted by Crippen LogP contribution is 2.36. The predicted molar refractivity (Wildman–Crippen MR) is 205 cm³/mol. The number of nitro groups is 1. The molecule has 0 fully saturated rings. The Morgan fingerprint density at radius 2 is 1.43 bits per heavy atom. The minimum Gasteiger partial charge on any atom is -0.481 e. The molecule has 0 unspecified atom stereocenters. The lowest BCUT2D eigenvalue weighted by Crippen LogP contribution is -2.43. The van der Waals surface area contributed by atoms with Crippen LogP contribution in [0.3, 0.4) is 0 Å². The summed E-state index contributed by atoms with van der Waals surface area (Å²) in [7, 11) is 0. The zero-order valence-corrected chi connectivity index (χ0v) is 30.9. The number of H-pyrrole nitrogens is 2. The van der Waals surface area contributed by atoms with Crippen molar-refractivity contribution in [1.82, 2.24) is 34.8 Å². The number of carbonyl (C=O) groups is 3. The largest absolute Gasteiger partial charge is 0.481 e. The summed E-state index contributed by atoms with van der Waals surface area (Å²) in [5.74, 6) is -8.52. The maximum Gasteiger partial charge on any atom is 0.434 e. The molecule has 4 aromatic heterocycles. The molecule has 5 N–H and O–H groups in total. The van der Waals surface area contributed by atoms with E-state index >= 15 is 8.78 Å². The van der Waals surface area contributed by atoms with E-state index in [1.165, 1.54) is 0 Å². The lowest BCUT2D eigenvalue weighted by Gasteiger charge is -2.16. The van der Waals surface area contributed by atoms with Crippen molar-refractivity contribution in [3.63, 3.8) is 0 Å². The molecule has 0 atom stereocenters. The fraction of sp³-hybridized carbons (Fsp3) is 0.282. The second-order valence-electron chi connectivity index (χ2n) is 13.6. The Bertz CT molecular complexity index is 2580. The van der Waals surface area contributed by atoms with Crippen LogP contribution < -0.4 is 5.32 Å². The first kappa shape index (κ1) is 38.9. The Balaban J connectivity index is 1.55. The molecule has 15 nitrogen and oxygen atoms in total. The van der Waals surface area contributed by atoms with Crippen molar-refractivity contribution < 1.29 is 38.3 Å². The topological polar surface area (TPSA) is 222 Å². The zero-order valence-electron chi connectivity index (χ0n) is 30.9. The number of carbonyl (C=O) groups excluding carboxylic acids is 1. The van der Waals surface area contributed by atoms with Crippen molar-refractivity contribution in [1.29, 1.82) is 0 Å². The fourth-order valence-electron chi connectivity index (χ4n) is 6.95. The molecule has 0 aromatic carbocycles. The number of carboxylic acid groups (broad SMARTS) is 2. The van der Waals surface area contributed by atoms with Gasteiger partial charge in [-0.2, -0.15) is 8.78 Å². The Morgan fingerprint density at radius 3 is 2.07 bits per heavy atom. The first-order valence-electron chi connectivity index (χ1n) is 17.5. The SMILES string of the molecule is C=Cc1c(C)c2cc3nc(cc4[nH]c(cc5nc(cc1[nH]2)C(C)=C5CNC(=O)C(F)(F)Cn1ccnc1[N+](=O)[O-])c(C)c4CCC(=O)O)C(CCC(=O)O)=C3C. The van der Waals surface area contributed by atoms with Gasteiger partial charge in [-0.3, -0.25) is 14.4 Å². The van der Waals surface area contributed by atoms with E-state index in [9.17, 15) is 34.7 Å². The van der Waals surface area contributed by atoms with E-state index in [2.05, 4.69) is 26.8 Å². The lowest BCUT2D eigenvalue weighted by molar-refractivity contribution is -0.397. The highest BCUT2D eigenvalue weighted by atomic mass is 19.3. The van der Waals surface area contributed by atoms with Gasteiger partial charge in [0.25, 0.3) is 5.91 Å². The Labute approximate surface area is 317 Å². The van der Waals surface area contributed by atoms with E-state index < -0.39 is 41.2 Å². The van der Waals surface area contributed by atoms with Crippen molar-refractivity contribution in [2.45, 2.75) is 65.8 Å². The van der Waals surface area contributed by atoms with Crippen LogP contribution in [0.1, 0.15) is 78.1 Å². The standard InChI is InChI=1S/C39H38F2N8O7/c1-6-23-19(2)27-13-28-20(3)24(7-9-35(50)51)32(45-28)16-33-25(8-10-36(52)53)21(4)29(46-33)15-34-26(22(5)30(47-34)14-31(23)44-27)17-43-37(54)39(40,41)18-48-12-11-42-38(48)49(55)56/h6,11-16,44,46H,1,7-10,17-18H2,2-5H3,(H,43,54)(H,50,51)(H,52,53). The number of aryl methyl sites for hydroxylation is 3. The normalized spacial score (nSPS) is 13.0. The van der Waals surface area contributed by atoms with Crippen LogP contribution in [0.15, 0.2) is 43.2 Å². The Kier molecular flexibility index (Phi) is 10.5. The monoisotopic (exact) mass is 768 g/mol. The molecule has 0 saturated heterocycles. The lowest BCUT2D eigenvalue weighted by atomic mass is 10.0. The quantitative estimate of drug-likeness (QED) is 0.0701. The van der Waals surface area contributed by atoms with Gasteiger partial charge in [-0.05, 0) is 103 Å². The third-order valence-corrected chi connectivity index (χ3v) is 10.1. The summed E-state index contributed by atoms with van der Waals surface area (Å²) in [6.45, 7) is 9.63. The zero-order chi connectivity index (χ0) is 40.6. The number of allylic oxidation sites excluding steroid dienone is 3. The summed E-state index contributed by atoms with van der Waals surface area (Å²) in [4.78, 5) is 66.7. The maximum absolute atomic E-state index is 15.2. The van der Waals surface area contributed by atoms with E-state index in [4.69, 9.17) is 9.97 Å². The van der Waals surface area contributed by atoms with Crippen molar-refractivity contribution in [3.05, 3.63) is 98.4 Å². The van der Waals surface area contributed by atoms with Crippen molar-refractivity contribution in [3.8, 4) is 0 Å². The maximum atomic E-state index is 15.2. The summed E-state index contributed by atoms with van der Waals surface area (Å²) in [5.41, 5.74) is 9.84. The van der Waals surface area contributed by atoms with E-state index in [-0.39, 0.29) is 32.2 Å². The Morgan fingerprint density at radius 1 is 0.875 bits per heavy atom. The number of aromatic amines is 2. The summed E-state index contributed by atoms with van der Waals surface area (Å²) < 4.78 is 31.0. The summed E-state index contributed by atoms with van der Waals surface area (Å²) in [5, 5.41) is 32.6. The van der Waals surface area contributed by atoms with E-state index in [1.54, 1.807) is 38.1 Å². The molecule has 0 saturated carbocycles. The number of hydrogen-bond acceptors (Lipinski definition) is 8. The molecule has 290 valence electrons. The van der Waals surface area contributed by atoms with Crippen LogP contribution in [0.25, 0.3) is 50.4 Å². The van der Waals surface area contributed by atoms with Gasteiger partial charge in [0, 0.05) is 52.6 Å². The molecular formula is C39H38F2N8O7. The summed E-state index contributed by atoms with van der Waals surface area (Å²) in [6.07, 6.45) is 3.70. The first-order valence-corrected chi connectivity index (χ1v) is 17.5. The average molecular weight is 769 g/mol. The van der Waals surface area contributed by atoms with Crippen LogP contribution in [-0.2, 0) is 27.3 Å². The highest BCUT2D eigenvalue weighted by molar-refractivity contribution is 5.97. The molecule has 17 heteroatoms. The van der Waals surface area contributed by atoms with Crippen LogP contribution in [0.4, 0.5) is 14.7 Å². The van der Waals surface area contributed by atoms with Crippen LogP contribution in [0.5, 0.6) is 0 Å². The minimum absolute atomic E-state index is 0.137. The molecule has 4 aromatic rings. The number of hydrogen-bond donors (Lipinski definition) is 5. The number of aromatic nitrogens is 6. The molecule has 2 aliphatic heterocycles. The first-order chi connectivity index (χ1) is 26.5. The number of imidazole rings is 1. The van der Waals surface area contributed by atoms with Crippen molar-refractivity contribution >= 4 is 74.2 Å². The van der Waals surface area contributed by atoms with Gasteiger partial charge >= 0.3 is 23.8 Å². The molecule has 0 radical (unpaired) electrons. The molecule has 2 aliphatic rings. The second kappa shape index (κ2) is 15.2. The van der Waals surface area contributed by atoms with Crippen molar-refractivity contribution in [2.24, 2.45) is 0 Å². The van der Waals surface area contributed by atoms with E-state index in [0.717, 1.165) is 34.7 Å². The van der Waals surface area contributed by atoms with E-state index in [0.29, 0.717) is 71.7 Å². The van der Waals surface area contributed by atoms with Gasteiger partial charge in [0.05, 0.1) is 22.8 Å². The summed E-state index contributed by atoms with van der Waals surface area (Å²) in [6, 6.07) is 7.11. The number of fused-ring (bicyclic) bond motifs is 8. The predicted octanol–water partition coefficient (Wildman–Crippen LogP) is 6.87. The average Bonchev–Trinajstić information content (AvgIpc) is 3.91. The number of amides is 1. The van der Waals surface area contributed by atoms with E-state index in [1.807, 2.05) is 19.9 Å². The summed E-state index contributed by atoms with van der Waals surface area (Å²) >= 11 is 0. The smallest absolute Gasteiger partial charge is 0.434 e. The van der Waals surface area contributed by atoms with Gasteiger partial charge in [0.2, 0.25) is 0 Å². The molecular weight excluding hydrogens is 730 g/mol. The van der Waals surface area contributed by atoms with Gasteiger partial charge in [-0.25, -0.2) is 14.5 Å². The van der Waals surface area contributed by atoms with Gasteiger partial charge in [0.1, 0.15) is 18.9 Å². The molecule has 56 heavy (non-hydrogen) atoms. The Hall–Kier alpha value is -6.78. The van der Waals surface area contributed by atoms with Gasteiger partial charge in [0.15, 0.2) is 0 Å². The molecule has 0 aliphatic carbocycles. The molecule has 0 spiro atoms. The molecule has 8 bridgehead atoms. The number of carboxylic acids is 2. The van der Waals surface area contributed by atoms with Crippen LogP contribution in [0, 0.1) is 24.0 Å². The fourth-order valence-corrected chi connectivity index (χ4v) is 6.95. The number of aliphatic carboxylic acids is 2. The number of rotatable bonds is 13. The van der Waals surface area contributed by atoms with Gasteiger partial charge < -0.3 is 35.6 Å². The van der Waals surface area contributed by atoms with Crippen LogP contribution in [0.2, 0.25) is 0 Å². The minimum atomic E-state index is -4.05. The number of halogens is 2. The van der Waals surface area contributed by atoms with Gasteiger partial charge in [-0.15, -0.1) is 0 Å².